The molecule has 0 atom stereocenters. The molecule has 1 N–H and O–H groups in total. The van der Waals surface area contributed by atoms with Crippen molar-refractivity contribution in [1.82, 2.24) is 0 Å². The minimum atomic E-state index is -0.607. The highest BCUT2D eigenvalue weighted by molar-refractivity contribution is 5.98. The van der Waals surface area contributed by atoms with E-state index in [9.17, 15) is 4.79 Å². The van der Waals surface area contributed by atoms with Gasteiger partial charge in [0.1, 0.15) is 11.6 Å². The van der Waals surface area contributed by atoms with Gasteiger partial charge in [-0.1, -0.05) is 6.07 Å². The maximum Gasteiger partial charge on any atom is 0.348 e. The fourth-order valence-electron chi connectivity index (χ4n) is 2.11. The average Bonchev–Trinajstić information content (AvgIpc) is 2.51. The number of esters is 1. The second-order valence-electron chi connectivity index (χ2n) is 4.73. The molecule has 1 aromatic rings. The predicted molar refractivity (Wildman–Crippen MR) is 86.4 cm³/mol. The Morgan fingerprint density at radius 2 is 2.18 bits per heavy atom. The molecule has 1 rings (SSSR count). The molecule has 5 nitrogen and oxygen atoms in total. The van der Waals surface area contributed by atoms with Crippen LogP contribution >= 0.6 is 0 Å². The lowest BCUT2D eigenvalue weighted by molar-refractivity contribution is -0.137. The van der Waals surface area contributed by atoms with Crippen molar-refractivity contribution in [3.63, 3.8) is 0 Å². The summed E-state index contributed by atoms with van der Waals surface area (Å²) in [5, 5.41) is 18.1. The third-order valence-corrected chi connectivity index (χ3v) is 3.29. The van der Waals surface area contributed by atoms with Crippen LogP contribution in [0.2, 0.25) is 0 Å². The molecule has 0 amide bonds. The summed E-state index contributed by atoms with van der Waals surface area (Å²) >= 11 is 0. The molecular formula is C17H22N2O3. The van der Waals surface area contributed by atoms with Gasteiger partial charge in [-0.25, -0.2) is 4.79 Å². The van der Waals surface area contributed by atoms with Gasteiger partial charge in [-0.2, -0.15) is 5.26 Å². The Morgan fingerprint density at radius 3 is 2.68 bits per heavy atom. The number of nitriles is 1. The number of nitrogens with zero attached hydrogens (tertiary/aromatic N) is 2. The lowest BCUT2D eigenvalue weighted by Gasteiger charge is -2.22. The second kappa shape index (κ2) is 8.85. The van der Waals surface area contributed by atoms with Crippen LogP contribution in [0.3, 0.4) is 0 Å². The molecule has 0 saturated heterocycles. The maximum absolute atomic E-state index is 11.6. The lowest BCUT2D eigenvalue weighted by Crippen LogP contribution is -2.26. The van der Waals surface area contributed by atoms with Crippen LogP contribution < -0.4 is 4.90 Å². The Morgan fingerprint density at radius 1 is 1.45 bits per heavy atom. The van der Waals surface area contributed by atoms with Crippen LogP contribution in [0, 0.1) is 18.3 Å². The zero-order valence-corrected chi connectivity index (χ0v) is 13.3. The van der Waals surface area contributed by atoms with Gasteiger partial charge in [0, 0.05) is 18.8 Å². The molecule has 22 heavy (non-hydrogen) atoms. The standard InChI is InChI=1S/C17H22N2O3/c1-4-19(8-9-20)16-7-6-14(13(3)10-16)11-15(12-18)17(21)22-5-2/h6-7,10-11,20H,4-5,8-9H2,1-3H3. The van der Waals surface area contributed by atoms with Crippen LogP contribution in [0.1, 0.15) is 25.0 Å². The SMILES string of the molecule is CCOC(=O)C(C#N)=Cc1ccc(N(CC)CCO)cc1C. The highest BCUT2D eigenvalue weighted by Crippen LogP contribution is 2.21. The molecule has 0 spiro atoms. The highest BCUT2D eigenvalue weighted by atomic mass is 16.5. The number of aliphatic hydroxyl groups is 1. The molecule has 1 aromatic carbocycles. The fraction of sp³-hybridized carbons (Fsp3) is 0.412. The van der Waals surface area contributed by atoms with E-state index in [1.807, 2.05) is 38.1 Å². The van der Waals surface area contributed by atoms with Crippen molar-refractivity contribution in [3.8, 4) is 6.07 Å². The number of aliphatic hydroxyl groups excluding tert-OH is 1. The Bertz CT molecular complexity index is 588. The molecule has 0 saturated carbocycles. The number of benzene rings is 1. The molecule has 5 heteroatoms. The van der Waals surface area contributed by atoms with Crippen molar-refractivity contribution < 1.29 is 14.6 Å². The smallest absolute Gasteiger partial charge is 0.348 e. The zero-order valence-electron chi connectivity index (χ0n) is 13.3. The summed E-state index contributed by atoms with van der Waals surface area (Å²) in [6, 6.07) is 7.63. The molecule has 0 bridgehead atoms. The summed E-state index contributed by atoms with van der Waals surface area (Å²) in [5.74, 6) is -0.607. The van der Waals surface area contributed by atoms with E-state index in [0.29, 0.717) is 6.54 Å². The topological polar surface area (TPSA) is 73.6 Å². The van der Waals surface area contributed by atoms with Crippen molar-refractivity contribution in [2.45, 2.75) is 20.8 Å². The summed E-state index contributed by atoms with van der Waals surface area (Å²) in [4.78, 5) is 13.7. The first-order chi connectivity index (χ1) is 10.6. The van der Waals surface area contributed by atoms with Crippen molar-refractivity contribution in [1.29, 1.82) is 5.26 Å². The van der Waals surface area contributed by atoms with Crippen LogP contribution in [-0.2, 0) is 9.53 Å². The monoisotopic (exact) mass is 302 g/mol. The van der Waals surface area contributed by atoms with Gasteiger partial charge in [0.2, 0.25) is 0 Å². The van der Waals surface area contributed by atoms with E-state index < -0.39 is 5.97 Å². The quantitative estimate of drug-likeness (QED) is 0.475. The highest BCUT2D eigenvalue weighted by Gasteiger charge is 2.11. The predicted octanol–water partition coefficient (Wildman–Crippen LogP) is 2.28. The molecule has 0 aliphatic rings. The molecule has 118 valence electrons. The number of hydrogen-bond acceptors (Lipinski definition) is 5. The molecule has 0 heterocycles. The number of carbonyl (C=O) groups is 1. The van der Waals surface area contributed by atoms with Crippen LogP contribution in [0.4, 0.5) is 5.69 Å². The zero-order chi connectivity index (χ0) is 16.5. The van der Waals surface area contributed by atoms with E-state index in [2.05, 4.69) is 4.90 Å². The second-order valence-corrected chi connectivity index (χ2v) is 4.73. The number of ether oxygens (including phenoxy) is 1. The van der Waals surface area contributed by atoms with Gasteiger partial charge >= 0.3 is 5.97 Å². The van der Waals surface area contributed by atoms with Crippen molar-refractivity contribution in [3.05, 3.63) is 34.9 Å². The van der Waals surface area contributed by atoms with E-state index in [1.54, 1.807) is 13.0 Å². The number of anilines is 1. The normalized spacial score (nSPS) is 11.0. The summed E-state index contributed by atoms with van der Waals surface area (Å²) in [6.45, 7) is 7.33. The van der Waals surface area contributed by atoms with Gasteiger partial charge in [-0.05, 0) is 50.1 Å². The van der Waals surface area contributed by atoms with Crippen LogP contribution in [0.25, 0.3) is 6.08 Å². The van der Waals surface area contributed by atoms with Gasteiger partial charge in [0.05, 0.1) is 13.2 Å². The third kappa shape index (κ3) is 4.61. The van der Waals surface area contributed by atoms with E-state index in [0.717, 1.165) is 23.4 Å². The van der Waals surface area contributed by atoms with Gasteiger partial charge in [-0.15, -0.1) is 0 Å². The molecule has 0 unspecified atom stereocenters. The van der Waals surface area contributed by atoms with Crippen LogP contribution in [0.5, 0.6) is 0 Å². The Labute approximate surface area is 131 Å². The first-order valence-corrected chi connectivity index (χ1v) is 7.32. The number of aryl methyl sites for hydroxylation is 1. The molecular weight excluding hydrogens is 280 g/mol. The number of likely N-dealkylation sites (N-methyl/N-ethyl adjacent to an activating group) is 1. The number of rotatable bonds is 7. The van der Waals surface area contributed by atoms with E-state index in [-0.39, 0.29) is 18.8 Å². The van der Waals surface area contributed by atoms with E-state index in [1.165, 1.54) is 0 Å². The van der Waals surface area contributed by atoms with Gasteiger partial charge in [0.15, 0.2) is 0 Å². The first kappa shape index (κ1) is 17.7. The molecule has 0 aliphatic carbocycles. The Hall–Kier alpha value is -2.32. The largest absolute Gasteiger partial charge is 0.462 e. The summed E-state index contributed by atoms with van der Waals surface area (Å²) < 4.78 is 4.85. The molecule has 0 fully saturated rings. The minimum Gasteiger partial charge on any atom is -0.462 e. The third-order valence-electron chi connectivity index (χ3n) is 3.29. The average molecular weight is 302 g/mol. The molecule has 0 aliphatic heterocycles. The van der Waals surface area contributed by atoms with Gasteiger partial charge in [-0.3, -0.25) is 0 Å². The fourth-order valence-corrected chi connectivity index (χ4v) is 2.11. The van der Waals surface area contributed by atoms with Gasteiger partial charge < -0.3 is 14.7 Å². The summed E-state index contributed by atoms with van der Waals surface area (Å²) in [7, 11) is 0. The van der Waals surface area contributed by atoms with E-state index >= 15 is 0 Å². The Balaban J connectivity index is 3.08. The van der Waals surface area contributed by atoms with Gasteiger partial charge in [0.25, 0.3) is 0 Å². The van der Waals surface area contributed by atoms with Crippen LogP contribution in [0.15, 0.2) is 23.8 Å². The van der Waals surface area contributed by atoms with Crippen molar-refractivity contribution in [2.24, 2.45) is 0 Å². The van der Waals surface area contributed by atoms with E-state index in [4.69, 9.17) is 15.1 Å². The summed E-state index contributed by atoms with van der Waals surface area (Å²) in [6.07, 6.45) is 1.54. The van der Waals surface area contributed by atoms with Crippen molar-refractivity contribution >= 4 is 17.7 Å². The van der Waals surface area contributed by atoms with Crippen molar-refractivity contribution in [2.75, 3.05) is 31.2 Å². The Kier molecular flexibility index (Phi) is 7.14. The molecule has 0 aromatic heterocycles. The first-order valence-electron chi connectivity index (χ1n) is 7.32. The number of hydrogen-bond donors (Lipinski definition) is 1. The number of carbonyl (C=O) groups excluding carboxylic acids is 1. The molecule has 0 radical (unpaired) electrons. The van der Waals surface area contributed by atoms with Crippen LogP contribution in [-0.4, -0.2) is 37.4 Å². The lowest BCUT2D eigenvalue weighted by atomic mass is 10.0. The summed E-state index contributed by atoms with van der Waals surface area (Å²) in [5.41, 5.74) is 2.74. The maximum atomic E-state index is 11.6. The minimum absolute atomic E-state index is 0.0135.